The van der Waals surface area contributed by atoms with Crippen LogP contribution in [0.25, 0.3) is 0 Å². The summed E-state index contributed by atoms with van der Waals surface area (Å²) in [6, 6.07) is 2.25. The Morgan fingerprint density at radius 3 is 2.53 bits per heavy atom. The molecule has 1 heterocycles. The number of aromatic nitrogens is 1. The van der Waals surface area contributed by atoms with E-state index < -0.39 is 0 Å². The van der Waals surface area contributed by atoms with Gasteiger partial charge in [-0.05, 0) is 75.7 Å². The van der Waals surface area contributed by atoms with Gasteiger partial charge < -0.3 is 9.67 Å². The molecular formula is C17H25NO. The van der Waals surface area contributed by atoms with Crippen LogP contribution in [0.15, 0.2) is 6.07 Å². The average Bonchev–Trinajstić information content (AvgIpc) is 3.26. The molecular weight excluding hydrogens is 234 g/mol. The molecule has 104 valence electrons. The highest BCUT2D eigenvalue weighted by atomic mass is 16.3. The molecule has 1 atom stereocenters. The van der Waals surface area contributed by atoms with Gasteiger partial charge in [0.2, 0.25) is 0 Å². The van der Waals surface area contributed by atoms with E-state index in [4.69, 9.17) is 0 Å². The Morgan fingerprint density at radius 1 is 1.21 bits per heavy atom. The Balaban J connectivity index is 1.63. The number of aryl methyl sites for hydroxylation is 1. The van der Waals surface area contributed by atoms with Crippen LogP contribution in [-0.2, 0) is 13.0 Å². The number of hydrogen-bond donors (Lipinski definition) is 1. The van der Waals surface area contributed by atoms with Crippen molar-refractivity contribution in [2.24, 2.45) is 17.8 Å². The molecule has 1 unspecified atom stereocenters. The molecule has 4 rings (SSSR count). The molecule has 0 amide bonds. The Kier molecular flexibility index (Phi) is 2.77. The molecule has 2 fully saturated rings. The molecule has 3 aliphatic rings. The monoisotopic (exact) mass is 259 g/mol. The van der Waals surface area contributed by atoms with Gasteiger partial charge >= 0.3 is 0 Å². The molecule has 0 bridgehead atoms. The van der Waals surface area contributed by atoms with E-state index in [1.165, 1.54) is 55.6 Å². The van der Waals surface area contributed by atoms with Crippen molar-refractivity contribution in [3.63, 3.8) is 0 Å². The van der Waals surface area contributed by atoms with E-state index in [-0.39, 0.29) is 6.10 Å². The molecule has 2 saturated carbocycles. The number of hydrogen-bond acceptors (Lipinski definition) is 1. The summed E-state index contributed by atoms with van der Waals surface area (Å²) in [5.41, 5.74) is 4.05. The minimum absolute atomic E-state index is 0.205. The average molecular weight is 259 g/mol. The standard InChI is InChI=1S/C17H25NO/c1-11-9-14-16(3-2-4-17(14)19)18(11)10-15(12-5-6-12)13-7-8-13/h9,12-13,15,17,19H,2-8,10H2,1H3. The van der Waals surface area contributed by atoms with Crippen LogP contribution in [0.5, 0.6) is 0 Å². The summed E-state index contributed by atoms with van der Waals surface area (Å²) in [6.07, 6.45) is 8.92. The first-order valence-corrected chi connectivity index (χ1v) is 8.11. The van der Waals surface area contributed by atoms with Crippen LogP contribution in [0.4, 0.5) is 0 Å². The van der Waals surface area contributed by atoms with E-state index >= 15 is 0 Å². The van der Waals surface area contributed by atoms with Crippen LogP contribution in [0.1, 0.15) is 61.6 Å². The molecule has 1 aromatic rings. The first-order valence-electron chi connectivity index (χ1n) is 8.11. The minimum atomic E-state index is -0.205. The first kappa shape index (κ1) is 12.0. The molecule has 0 spiro atoms. The fraction of sp³-hybridized carbons (Fsp3) is 0.765. The Morgan fingerprint density at radius 2 is 1.89 bits per heavy atom. The summed E-state index contributed by atoms with van der Waals surface area (Å²) in [5.74, 6) is 2.95. The number of aliphatic hydroxyl groups excluding tert-OH is 1. The predicted octanol–water partition coefficient (Wildman–Crippen LogP) is 3.60. The van der Waals surface area contributed by atoms with Crippen molar-refractivity contribution in [2.45, 2.75) is 64.5 Å². The highest BCUT2D eigenvalue weighted by molar-refractivity contribution is 5.32. The van der Waals surface area contributed by atoms with Crippen molar-refractivity contribution in [3.05, 3.63) is 23.0 Å². The molecule has 3 aliphatic carbocycles. The lowest BCUT2D eigenvalue weighted by molar-refractivity contribution is 0.155. The molecule has 2 heteroatoms. The largest absolute Gasteiger partial charge is 0.388 e. The van der Waals surface area contributed by atoms with Gasteiger partial charge in [-0.2, -0.15) is 0 Å². The maximum absolute atomic E-state index is 10.2. The number of rotatable bonds is 4. The van der Waals surface area contributed by atoms with Crippen molar-refractivity contribution >= 4 is 0 Å². The third kappa shape index (κ3) is 2.14. The quantitative estimate of drug-likeness (QED) is 0.878. The second-order valence-corrected chi connectivity index (χ2v) is 7.05. The van der Waals surface area contributed by atoms with Crippen molar-refractivity contribution in [3.8, 4) is 0 Å². The van der Waals surface area contributed by atoms with Crippen LogP contribution in [-0.4, -0.2) is 9.67 Å². The van der Waals surface area contributed by atoms with E-state index in [9.17, 15) is 5.11 Å². The lowest BCUT2D eigenvalue weighted by atomic mass is 9.94. The van der Waals surface area contributed by atoms with Gasteiger partial charge in [0, 0.05) is 23.5 Å². The van der Waals surface area contributed by atoms with Gasteiger partial charge in [0.05, 0.1) is 6.10 Å². The topological polar surface area (TPSA) is 25.2 Å². The molecule has 2 nitrogen and oxygen atoms in total. The van der Waals surface area contributed by atoms with Crippen molar-refractivity contribution in [1.82, 2.24) is 4.57 Å². The zero-order chi connectivity index (χ0) is 13.0. The molecule has 19 heavy (non-hydrogen) atoms. The van der Waals surface area contributed by atoms with Gasteiger partial charge in [-0.25, -0.2) is 0 Å². The van der Waals surface area contributed by atoms with Gasteiger partial charge in [-0.3, -0.25) is 0 Å². The number of nitrogens with zero attached hydrogens (tertiary/aromatic N) is 1. The second kappa shape index (κ2) is 4.37. The maximum atomic E-state index is 10.2. The van der Waals surface area contributed by atoms with Crippen LogP contribution >= 0.6 is 0 Å². The zero-order valence-electron chi connectivity index (χ0n) is 11.9. The van der Waals surface area contributed by atoms with E-state index in [0.717, 1.165) is 30.6 Å². The lowest BCUT2D eigenvalue weighted by Gasteiger charge is -2.24. The molecule has 0 saturated heterocycles. The highest BCUT2D eigenvalue weighted by Crippen LogP contribution is 2.50. The van der Waals surface area contributed by atoms with Crippen LogP contribution < -0.4 is 0 Å². The van der Waals surface area contributed by atoms with Crippen LogP contribution in [0, 0.1) is 24.7 Å². The van der Waals surface area contributed by atoms with Gasteiger partial charge in [0.1, 0.15) is 0 Å². The van der Waals surface area contributed by atoms with Gasteiger partial charge in [-0.15, -0.1) is 0 Å². The Labute approximate surface area is 115 Å². The molecule has 0 radical (unpaired) electrons. The third-order valence-electron chi connectivity index (χ3n) is 5.55. The molecule has 1 aromatic heterocycles. The van der Waals surface area contributed by atoms with E-state index in [1.54, 1.807) is 0 Å². The Bertz CT molecular complexity index is 470. The number of aliphatic hydroxyl groups is 1. The lowest BCUT2D eigenvalue weighted by Crippen LogP contribution is -2.19. The SMILES string of the molecule is Cc1cc2c(n1CC(C1CC1)C1CC1)CCCC2O. The van der Waals surface area contributed by atoms with E-state index in [2.05, 4.69) is 17.6 Å². The normalized spacial score (nSPS) is 26.8. The third-order valence-corrected chi connectivity index (χ3v) is 5.55. The number of fused-ring (bicyclic) bond motifs is 1. The fourth-order valence-electron chi connectivity index (χ4n) is 4.14. The van der Waals surface area contributed by atoms with Crippen molar-refractivity contribution in [1.29, 1.82) is 0 Å². The molecule has 0 aromatic carbocycles. The summed E-state index contributed by atoms with van der Waals surface area (Å²) in [4.78, 5) is 0. The smallest absolute Gasteiger partial charge is 0.0807 e. The van der Waals surface area contributed by atoms with E-state index in [0.29, 0.717) is 0 Å². The fourth-order valence-corrected chi connectivity index (χ4v) is 4.14. The predicted molar refractivity (Wildman–Crippen MR) is 76.0 cm³/mol. The minimum Gasteiger partial charge on any atom is -0.388 e. The van der Waals surface area contributed by atoms with Gasteiger partial charge in [0.15, 0.2) is 0 Å². The summed E-state index contributed by atoms with van der Waals surface area (Å²) in [5, 5.41) is 10.2. The second-order valence-electron chi connectivity index (χ2n) is 7.05. The van der Waals surface area contributed by atoms with Gasteiger partial charge in [-0.1, -0.05) is 0 Å². The van der Waals surface area contributed by atoms with Gasteiger partial charge in [0.25, 0.3) is 0 Å². The van der Waals surface area contributed by atoms with E-state index in [1.807, 2.05) is 0 Å². The summed E-state index contributed by atoms with van der Waals surface area (Å²) in [7, 11) is 0. The Hall–Kier alpha value is -0.760. The zero-order valence-corrected chi connectivity index (χ0v) is 11.9. The first-order chi connectivity index (χ1) is 9.24. The van der Waals surface area contributed by atoms with Crippen molar-refractivity contribution in [2.75, 3.05) is 0 Å². The maximum Gasteiger partial charge on any atom is 0.0807 e. The van der Waals surface area contributed by atoms with Crippen LogP contribution in [0.2, 0.25) is 0 Å². The molecule has 1 N–H and O–H groups in total. The van der Waals surface area contributed by atoms with Crippen molar-refractivity contribution < 1.29 is 5.11 Å². The summed E-state index contributed by atoms with van der Waals surface area (Å²) in [6.45, 7) is 3.45. The van der Waals surface area contributed by atoms with Crippen LogP contribution in [0.3, 0.4) is 0 Å². The highest BCUT2D eigenvalue weighted by Gasteiger charge is 2.41. The summed E-state index contributed by atoms with van der Waals surface area (Å²) < 4.78 is 2.55. The summed E-state index contributed by atoms with van der Waals surface area (Å²) >= 11 is 0. The molecule has 0 aliphatic heterocycles.